The number of aromatic nitrogens is 2. The molecule has 13 heteroatoms. The molecule has 1 N–H and O–H groups in total. The number of benzene rings is 2. The van der Waals surface area contributed by atoms with Gasteiger partial charge < -0.3 is 15.0 Å². The molecule has 3 aromatic rings. The third-order valence-electron chi connectivity index (χ3n) is 10.9. The SMILES string of the molecule is CCC1CCC(C2CC=C(c3cnc(-c4ccc(CN(CC(=O)OC(C)(C)C)C(=O)CNC(=O)CN5C(=O)c6ccccc6S5(=O)=O)cc4)nc3)CC2)CC1. The van der Waals surface area contributed by atoms with Gasteiger partial charge in [0.2, 0.25) is 11.8 Å². The Kier molecular flexibility index (Phi) is 12.2. The average molecular weight is 770 g/mol. The van der Waals surface area contributed by atoms with Crippen LogP contribution in [0.2, 0.25) is 0 Å². The van der Waals surface area contributed by atoms with Crippen molar-refractivity contribution in [3.05, 3.63) is 83.7 Å². The summed E-state index contributed by atoms with van der Waals surface area (Å²) in [6.45, 7) is 5.78. The van der Waals surface area contributed by atoms with Crippen molar-refractivity contribution in [3.8, 4) is 11.4 Å². The highest BCUT2D eigenvalue weighted by Gasteiger charge is 2.42. The van der Waals surface area contributed by atoms with Crippen molar-refractivity contribution in [2.75, 3.05) is 19.6 Å². The second-order valence-electron chi connectivity index (χ2n) is 15.9. The number of hydrogen-bond donors (Lipinski definition) is 1. The Bertz CT molecular complexity index is 2030. The second-order valence-corrected chi connectivity index (χ2v) is 17.7. The van der Waals surface area contributed by atoms with Gasteiger partial charge in [-0.2, -0.15) is 0 Å². The minimum Gasteiger partial charge on any atom is -0.459 e. The van der Waals surface area contributed by atoms with E-state index in [1.807, 2.05) is 36.7 Å². The normalized spacial score (nSPS) is 20.7. The number of nitrogens with one attached hydrogen (secondary N) is 1. The summed E-state index contributed by atoms with van der Waals surface area (Å²) in [5, 5.41) is 2.40. The summed E-state index contributed by atoms with van der Waals surface area (Å²) in [6, 6.07) is 13.1. The van der Waals surface area contributed by atoms with E-state index in [9.17, 15) is 27.6 Å². The van der Waals surface area contributed by atoms with Crippen molar-refractivity contribution in [2.24, 2.45) is 17.8 Å². The Morgan fingerprint density at radius 3 is 2.24 bits per heavy atom. The molecule has 1 saturated carbocycles. The predicted molar refractivity (Wildman–Crippen MR) is 207 cm³/mol. The van der Waals surface area contributed by atoms with Gasteiger partial charge in [-0.05, 0) is 93.9 Å². The van der Waals surface area contributed by atoms with E-state index in [2.05, 4.69) is 28.3 Å². The fourth-order valence-electron chi connectivity index (χ4n) is 7.86. The highest BCUT2D eigenvalue weighted by atomic mass is 32.2. The Balaban J connectivity index is 1.06. The van der Waals surface area contributed by atoms with Crippen LogP contribution in [-0.4, -0.2) is 76.5 Å². The van der Waals surface area contributed by atoms with Crippen LogP contribution in [0.3, 0.4) is 0 Å². The third-order valence-corrected chi connectivity index (χ3v) is 12.7. The number of amides is 3. The van der Waals surface area contributed by atoms with Crippen LogP contribution < -0.4 is 5.32 Å². The van der Waals surface area contributed by atoms with Crippen LogP contribution in [0.1, 0.15) is 101 Å². The van der Waals surface area contributed by atoms with E-state index < -0.39 is 52.4 Å². The van der Waals surface area contributed by atoms with Crippen LogP contribution in [0.5, 0.6) is 0 Å². The van der Waals surface area contributed by atoms with Gasteiger partial charge in [0, 0.05) is 30.1 Å². The number of carbonyl (C=O) groups excluding carboxylic acids is 4. The van der Waals surface area contributed by atoms with Gasteiger partial charge in [0.15, 0.2) is 5.82 Å². The average Bonchev–Trinajstić information content (AvgIpc) is 3.36. The maximum atomic E-state index is 13.4. The van der Waals surface area contributed by atoms with Crippen molar-refractivity contribution < 1.29 is 32.3 Å². The lowest BCUT2D eigenvalue weighted by atomic mass is 9.71. The molecule has 1 aromatic heterocycles. The first-order valence-electron chi connectivity index (χ1n) is 19.2. The zero-order valence-corrected chi connectivity index (χ0v) is 32.9. The summed E-state index contributed by atoms with van der Waals surface area (Å²) in [6.07, 6.45) is 16.4. The summed E-state index contributed by atoms with van der Waals surface area (Å²) < 4.78 is 31.7. The van der Waals surface area contributed by atoms with Crippen LogP contribution in [0.4, 0.5) is 0 Å². The molecule has 55 heavy (non-hydrogen) atoms. The Morgan fingerprint density at radius 2 is 1.62 bits per heavy atom. The highest BCUT2D eigenvalue weighted by molar-refractivity contribution is 7.90. The summed E-state index contributed by atoms with van der Waals surface area (Å²) in [5.74, 6) is 0.220. The van der Waals surface area contributed by atoms with Crippen molar-refractivity contribution in [1.29, 1.82) is 0 Å². The number of sulfonamides is 1. The van der Waals surface area contributed by atoms with Crippen molar-refractivity contribution in [1.82, 2.24) is 24.5 Å². The van der Waals surface area contributed by atoms with Crippen molar-refractivity contribution in [2.45, 2.75) is 96.1 Å². The van der Waals surface area contributed by atoms with Gasteiger partial charge in [-0.1, -0.05) is 68.7 Å². The van der Waals surface area contributed by atoms with Crippen LogP contribution in [-0.2, 0) is 35.7 Å². The molecule has 1 fully saturated rings. The van der Waals surface area contributed by atoms with E-state index >= 15 is 0 Å². The molecule has 292 valence electrons. The molecule has 1 aliphatic heterocycles. The lowest BCUT2D eigenvalue weighted by Crippen LogP contribution is -2.46. The van der Waals surface area contributed by atoms with E-state index in [0.717, 1.165) is 41.7 Å². The maximum Gasteiger partial charge on any atom is 0.326 e. The number of ether oxygens (including phenoxy) is 1. The molecular formula is C42H51N5O7S. The topological polar surface area (TPSA) is 156 Å². The summed E-state index contributed by atoms with van der Waals surface area (Å²) in [4.78, 5) is 62.2. The lowest BCUT2D eigenvalue weighted by molar-refractivity contribution is -0.159. The van der Waals surface area contributed by atoms with Gasteiger partial charge in [-0.3, -0.25) is 19.2 Å². The van der Waals surface area contributed by atoms with Crippen LogP contribution >= 0.6 is 0 Å². The maximum absolute atomic E-state index is 13.4. The fraction of sp³-hybridized carbons (Fsp3) is 0.476. The van der Waals surface area contributed by atoms with E-state index in [-0.39, 0.29) is 23.5 Å². The van der Waals surface area contributed by atoms with Gasteiger partial charge in [0.05, 0.1) is 12.1 Å². The number of allylic oxidation sites excluding steroid dienone is 2. The minimum atomic E-state index is -4.20. The first-order chi connectivity index (χ1) is 26.2. The predicted octanol–water partition coefficient (Wildman–Crippen LogP) is 6.17. The van der Waals surface area contributed by atoms with Gasteiger partial charge in [-0.25, -0.2) is 22.7 Å². The third kappa shape index (κ3) is 9.67. The smallest absolute Gasteiger partial charge is 0.326 e. The first-order valence-corrected chi connectivity index (χ1v) is 20.7. The van der Waals surface area contributed by atoms with Gasteiger partial charge in [-0.15, -0.1) is 0 Å². The molecule has 2 aliphatic carbocycles. The van der Waals surface area contributed by atoms with Crippen molar-refractivity contribution >= 4 is 39.3 Å². The second kappa shape index (κ2) is 16.8. The van der Waals surface area contributed by atoms with Crippen LogP contribution in [0.25, 0.3) is 17.0 Å². The van der Waals surface area contributed by atoms with Gasteiger partial charge in [0.1, 0.15) is 23.6 Å². The number of fused-ring (bicyclic) bond motifs is 1. The molecule has 2 heterocycles. The highest BCUT2D eigenvalue weighted by Crippen LogP contribution is 2.41. The van der Waals surface area contributed by atoms with E-state index in [4.69, 9.17) is 4.74 Å². The Morgan fingerprint density at radius 1 is 0.927 bits per heavy atom. The summed E-state index contributed by atoms with van der Waals surface area (Å²) >= 11 is 0. The molecular weight excluding hydrogens is 719 g/mol. The largest absolute Gasteiger partial charge is 0.459 e. The summed E-state index contributed by atoms with van der Waals surface area (Å²) in [7, 11) is -4.20. The van der Waals surface area contributed by atoms with E-state index in [1.165, 1.54) is 73.3 Å². The van der Waals surface area contributed by atoms with Gasteiger partial charge in [0.25, 0.3) is 15.9 Å². The first kappa shape index (κ1) is 39.8. The fourth-order valence-corrected chi connectivity index (χ4v) is 9.38. The van der Waals surface area contributed by atoms with E-state index in [0.29, 0.717) is 15.7 Å². The molecule has 6 rings (SSSR count). The summed E-state index contributed by atoms with van der Waals surface area (Å²) in [5.41, 5.74) is 3.06. The number of rotatable bonds is 12. The molecule has 0 radical (unpaired) electrons. The van der Waals surface area contributed by atoms with Gasteiger partial charge >= 0.3 is 5.97 Å². The monoisotopic (exact) mass is 769 g/mol. The minimum absolute atomic E-state index is 0.0193. The van der Waals surface area contributed by atoms with Crippen molar-refractivity contribution in [3.63, 3.8) is 0 Å². The van der Waals surface area contributed by atoms with E-state index in [1.54, 1.807) is 20.8 Å². The van der Waals surface area contributed by atoms with Crippen LogP contribution in [0.15, 0.2) is 71.9 Å². The number of nitrogens with zero attached hydrogens (tertiary/aromatic N) is 4. The zero-order chi connectivity index (χ0) is 39.3. The molecule has 3 amide bonds. The van der Waals surface area contributed by atoms with Crippen LogP contribution in [0, 0.1) is 17.8 Å². The number of hydrogen-bond acceptors (Lipinski definition) is 9. The molecule has 0 bridgehead atoms. The zero-order valence-electron chi connectivity index (χ0n) is 32.1. The molecule has 0 spiro atoms. The molecule has 1 atom stereocenters. The lowest BCUT2D eigenvalue weighted by Gasteiger charge is -2.35. The Labute approximate surface area is 323 Å². The molecule has 12 nitrogen and oxygen atoms in total. The standard InChI is InChI=1S/C42H51N5O7S/c1-5-28-10-14-30(15-11-28)31-18-20-32(21-19-31)34-22-44-40(45-23-34)33-16-12-29(13-17-33)25-46(27-39(50)54-42(2,3)4)38(49)24-43-37(48)26-47-41(51)35-8-6-7-9-36(35)55(47,52)53/h6-9,12-13,16-17,20,22-23,28,30-31H,5,10-11,14-15,18-19,21,24-27H2,1-4H3,(H,43,48). The number of esters is 1. The number of carbonyl (C=O) groups is 4. The Hall–Kier alpha value is -4.91. The quantitative estimate of drug-likeness (QED) is 0.213. The molecule has 1 unspecified atom stereocenters. The molecule has 3 aliphatic rings. The molecule has 0 saturated heterocycles. The molecule has 2 aromatic carbocycles.